The van der Waals surface area contributed by atoms with Crippen molar-refractivity contribution in [3.05, 3.63) is 29.8 Å². The summed E-state index contributed by atoms with van der Waals surface area (Å²) in [4.78, 5) is 0. The molecule has 0 radical (unpaired) electrons. The van der Waals surface area contributed by atoms with Gasteiger partial charge >= 0.3 is 10.1 Å². The Bertz CT molecular complexity index is 438. The Morgan fingerprint density at radius 1 is 1.12 bits per heavy atom. The van der Waals surface area contributed by atoms with Crippen LogP contribution in [0.25, 0.3) is 0 Å². The van der Waals surface area contributed by atoms with Crippen LogP contribution in [-0.4, -0.2) is 14.2 Å². The van der Waals surface area contributed by atoms with E-state index in [1.54, 1.807) is 19.1 Å². The number of rotatable bonds is 7. The molecule has 3 nitrogen and oxygen atoms in total. The number of unbranched alkanes of at least 4 members (excludes halogenated alkanes) is 2. The fourth-order valence-corrected chi connectivity index (χ4v) is 2.11. The first-order chi connectivity index (χ1) is 8.09. The summed E-state index contributed by atoms with van der Waals surface area (Å²) in [5, 5.41) is 0. The zero-order valence-electron chi connectivity index (χ0n) is 10.5. The Hall–Kier alpha value is -1.03. The zero-order valence-corrected chi connectivity index (χ0v) is 11.3. The van der Waals surface area contributed by atoms with Gasteiger partial charge in [-0.05, 0) is 31.4 Å². The molecule has 0 N–H and O–H groups in total. The first kappa shape index (κ1) is 14.0. The predicted molar refractivity (Wildman–Crippen MR) is 69.8 cm³/mol. The molecule has 0 spiro atoms. The molecule has 1 aromatic rings. The fraction of sp³-hybridized carbons (Fsp3) is 0.538. The largest absolute Gasteiger partial charge is 0.382 e. The predicted octanol–water partition coefficient (Wildman–Crippen LogP) is 3.15. The third-order valence-electron chi connectivity index (χ3n) is 2.59. The molecule has 0 aliphatic heterocycles. The van der Waals surface area contributed by atoms with Gasteiger partial charge in [0.05, 0.1) is 5.75 Å². The number of para-hydroxylation sites is 1. The van der Waals surface area contributed by atoms with E-state index in [4.69, 9.17) is 4.18 Å². The lowest BCUT2D eigenvalue weighted by molar-refractivity contribution is 0.483. The van der Waals surface area contributed by atoms with Crippen LogP contribution in [0.4, 0.5) is 0 Å². The van der Waals surface area contributed by atoms with Crippen molar-refractivity contribution in [3.63, 3.8) is 0 Å². The van der Waals surface area contributed by atoms with Crippen molar-refractivity contribution in [2.75, 3.05) is 5.75 Å². The lowest BCUT2D eigenvalue weighted by atomic mass is 10.1. The Morgan fingerprint density at radius 2 is 1.82 bits per heavy atom. The quantitative estimate of drug-likeness (QED) is 0.556. The third-order valence-corrected chi connectivity index (χ3v) is 3.73. The number of benzene rings is 1. The number of hydrogen-bond donors (Lipinski definition) is 0. The van der Waals surface area contributed by atoms with Crippen molar-refractivity contribution in [2.24, 2.45) is 0 Å². The molecule has 0 bridgehead atoms. The topological polar surface area (TPSA) is 43.4 Å². The highest BCUT2D eigenvalue weighted by atomic mass is 32.2. The summed E-state index contributed by atoms with van der Waals surface area (Å²) in [6.07, 6.45) is 4.22. The van der Waals surface area contributed by atoms with E-state index in [1.165, 1.54) is 0 Å². The van der Waals surface area contributed by atoms with Gasteiger partial charge in [-0.3, -0.25) is 0 Å². The van der Waals surface area contributed by atoms with E-state index >= 15 is 0 Å². The van der Waals surface area contributed by atoms with Gasteiger partial charge in [-0.25, -0.2) is 0 Å². The molecule has 0 unspecified atom stereocenters. The summed E-state index contributed by atoms with van der Waals surface area (Å²) in [7, 11) is -3.43. The van der Waals surface area contributed by atoms with Crippen molar-refractivity contribution < 1.29 is 12.6 Å². The van der Waals surface area contributed by atoms with E-state index in [0.29, 0.717) is 5.75 Å². The monoisotopic (exact) mass is 256 g/mol. The number of aryl methyl sites for hydroxylation is 1. The molecule has 0 aromatic heterocycles. The van der Waals surface area contributed by atoms with E-state index in [-0.39, 0.29) is 5.75 Å². The maximum Gasteiger partial charge on any atom is 0.308 e. The SMILES string of the molecule is CCCCCc1ccccc1OS(=O)(=O)CC. The van der Waals surface area contributed by atoms with Crippen LogP contribution in [0.5, 0.6) is 5.75 Å². The van der Waals surface area contributed by atoms with Crippen molar-refractivity contribution in [1.29, 1.82) is 0 Å². The van der Waals surface area contributed by atoms with E-state index in [9.17, 15) is 8.42 Å². The highest BCUT2D eigenvalue weighted by Gasteiger charge is 2.12. The summed E-state index contributed by atoms with van der Waals surface area (Å²) in [5.41, 5.74) is 0.970. The summed E-state index contributed by atoms with van der Waals surface area (Å²) >= 11 is 0. The van der Waals surface area contributed by atoms with E-state index in [0.717, 1.165) is 31.2 Å². The smallest absolute Gasteiger partial charge is 0.308 e. The van der Waals surface area contributed by atoms with Crippen LogP contribution >= 0.6 is 0 Å². The van der Waals surface area contributed by atoms with Gasteiger partial charge in [0.15, 0.2) is 0 Å². The van der Waals surface area contributed by atoms with E-state index in [2.05, 4.69) is 6.92 Å². The van der Waals surface area contributed by atoms with Gasteiger partial charge in [-0.15, -0.1) is 0 Å². The van der Waals surface area contributed by atoms with Crippen molar-refractivity contribution in [3.8, 4) is 5.75 Å². The minimum atomic E-state index is -3.43. The first-order valence-electron chi connectivity index (χ1n) is 6.09. The molecule has 0 fully saturated rings. The van der Waals surface area contributed by atoms with Crippen LogP contribution in [0.1, 0.15) is 38.7 Å². The lowest BCUT2D eigenvalue weighted by Gasteiger charge is -2.10. The molecule has 0 saturated carbocycles. The highest BCUT2D eigenvalue weighted by Crippen LogP contribution is 2.22. The Labute approximate surface area is 104 Å². The highest BCUT2D eigenvalue weighted by molar-refractivity contribution is 7.87. The molecule has 0 aliphatic carbocycles. The lowest BCUT2D eigenvalue weighted by Crippen LogP contribution is -2.12. The van der Waals surface area contributed by atoms with Gasteiger partial charge < -0.3 is 4.18 Å². The van der Waals surface area contributed by atoms with Gasteiger partial charge in [-0.2, -0.15) is 8.42 Å². The average Bonchev–Trinajstić information content (AvgIpc) is 2.31. The minimum absolute atomic E-state index is 0.00368. The van der Waals surface area contributed by atoms with Gasteiger partial charge in [-0.1, -0.05) is 38.0 Å². The fourth-order valence-electron chi connectivity index (χ4n) is 1.55. The minimum Gasteiger partial charge on any atom is -0.382 e. The first-order valence-corrected chi connectivity index (χ1v) is 7.67. The van der Waals surface area contributed by atoms with Gasteiger partial charge in [0.1, 0.15) is 5.75 Å². The molecular formula is C13H20O3S. The van der Waals surface area contributed by atoms with Crippen LogP contribution in [0.2, 0.25) is 0 Å². The second-order valence-corrected chi connectivity index (χ2v) is 5.85. The summed E-state index contributed by atoms with van der Waals surface area (Å²) in [6, 6.07) is 7.35. The second kappa shape index (κ2) is 6.64. The molecule has 0 aliphatic rings. The third kappa shape index (κ3) is 4.77. The zero-order chi connectivity index (χ0) is 12.7. The summed E-state index contributed by atoms with van der Waals surface area (Å²) in [5.74, 6) is 0.474. The maximum atomic E-state index is 11.4. The van der Waals surface area contributed by atoms with E-state index in [1.807, 2.05) is 12.1 Å². The van der Waals surface area contributed by atoms with Crippen LogP contribution in [0.15, 0.2) is 24.3 Å². The van der Waals surface area contributed by atoms with Crippen molar-refractivity contribution >= 4 is 10.1 Å². The molecule has 4 heteroatoms. The Balaban J connectivity index is 2.77. The van der Waals surface area contributed by atoms with Crippen LogP contribution in [0, 0.1) is 0 Å². The van der Waals surface area contributed by atoms with Crippen LogP contribution in [0.3, 0.4) is 0 Å². The molecule has 1 rings (SSSR count). The van der Waals surface area contributed by atoms with Crippen molar-refractivity contribution in [2.45, 2.75) is 39.5 Å². The van der Waals surface area contributed by atoms with Gasteiger partial charge in [0.2, 0.25) is 0 Å². The Kier molecular flexibility index (Phi) is 5.48. The van der Waals surface area contributed by atoms with Crippen LogP contribution in [-0.2, 0) is 16.5 Å². The number of hydrogen-bond acceptors (Lipinski definition) is 3. The molecule has 1 aromatic carbocycles. The Morgan fingerprint density at radius 3 is 2.47 bits per heavy atom. The summed E-state index contributed by atoms with van der Waals surface area (Å²) in [6.45, 7) is 3.72. The molecule has 17 heavy (non-hydrogen) atoms. The van der Waals surface area contributed by atoms with E-state index < -0.39 is 10.1 Å². The molecule has 0 saturated heterocycles. The molecule has 0 heterocycles. The normalized spacial score (nSPS) is 11.4. The van der Waals surface area contributed by atoms with Crippen molar-refractivity contribution in [1.82, 2.24) is 0 Å². The van der Waals surface area contributed by atoms with Gasteiger partial charge in [0.25, 0.3) is 0 Å². The standard InChI is InChI=1S/C13H20O3S/c1-3-5-6-9-12-10-7-8-11-13(12)16-17(14,15)4-2/h7-8,10-11H,3-6,9H2,1-2H3. The van der Waals surface area contributed by atoms with Gasteiger partial charge in [0, 0.05) is 0 Å². The average molecular weight is 256 g/mol. The summed E-state index contributed by atoms with van der Waals surface area (Å²) < 4.78 is 27.9. The molecule has 0 amide bonds. The maximum absolute atomic E-state index is 11.4. The molecule has 0 atom stereocenters. The molecule has 96 valence electrons. The molecular weight excluding hydrogens is 236 g/mol. The second-order valence-electron chi connectivity index (χ2n) is 3.99. The van der Waals surface area contributed by atoms with Crippen LogP contribution < -0.4 is 4.18 Å².